The van der Waals surface area contributed by atoms with Gasteiger partial charge in [0.2, 0.25) is 0 Å². The maximum atomic E-state index is 5.52. The predicted octanol–water partition coefficient (Wildman–Crippen LogP) is 3.97. The van der Waals surface area contributed by atoms with Crippen LogP contribution in [0.4, 0.5) is 0 Å². The van der Waals surface area contributed by atoms with Crippen molar-refractivity contribution in [1.82, 2.24) is 10.6 Å². The van der Waals surface area contributed by atoms with Gasteiger partial charge in [-0.15, -0.1) is 35.7 Å². The number of halogens is 1. The molecule has 0 radical (unpaired) electrons. The van der Waals surface area contributed by atoms with E-state index in [0.29, 0.717) is 6.54 Å². The van der Waals surface area contributed by atoms with Gasteiger partial charge in [0.05, 0.1) is 0 Å². The molecule has 0 bridgehead atoms. The predicted molar refractivity (Wildman–Crippen MR) is 109 cm³/mol. The standard InChI is InChI=1S/C17H23N3OS.HI/c1-13-11-15(14(2)21-13)12-20-17(18-3)19-9-10-22-16-7-5-4-6-8-16;/h4-8,11H,9-10,12H2,1-3H3,(H2,18,19,20);1H. The van der Waals surface area contributed by atoms with E-state index in [1.165, 1.54) is 10.5 Å². The summed E-state index contributed by atoms with van der Waals surface area (Å²) in [5, 5.41) is 6.63. The molecular formula is C17H24IN3OS. The molecule has 23 heavy (non-hydrogen) atoms. The van der Waals surface area contributed by atoms with Gasteiger partial charge < -0.3 is 15.1 Å². The van der Waals surface area contributed by atoms with Crippen LogP contribution in [0.15, 0.2) is 50.7 Å². The summed E-state index contributed by atoms with van der Waals surface area (Å²) in [4.78, 5) is 5.53. The molecule has 0 saturated heterocycles. The molecule has 0 atom stereocenters. The number of aryl methyl sites for hydroxylation is 2. The average Bonchev–Trinajstić information content (AvgIpc) is 2.85. The quantitative estimate of drug-likeness (QED) is 0.232. The van der Waals surface area contributed by atoms with Crippen LogP contribution in [0, 0.1) is 13.8 Å². The number of thioether (sulfide) groups is 1. The zero-order valence-electron chi connectivity index (χ0n) is 13.8. The number of nitrogens with zero attached hydrogens (tertiary/aromatic N) is 1. The summed E-state index contributed by atoms with van der Waals surface area (Å²) in [5.41, 5.74) is 1.17. The zero-order chi connectivity index (χ0) is 15.8. The fraction of sp³-hybridized carbons (Fsp3) is 0.353. The molecule has 0 amide bonds. The molecule has 2 N–H and O–H groups in total. The van der Waals surface area contributed by atoms with Crippen LogP contribution in [0.1, 0.15) is 17.1 Å². The highest BCUT2D eigenvalue weighted by atomic mass is 127. The number of nitrogens with one attached hydrogen (secondary N) is 2. The first-order valence-corrected chi connectivity index (χ1v) is 8.36. The van der Waals surface area contributed by atoms with Crippen LogP contribution in [0.25, 0.3) is 0 Å². The van der Waals surface area contributed by atoms with E-state index in [1.807, 2.05) is 31.7 Å². The lowest BCUT2D eigenvalue weighted by Gasteiger charge is -2.11. The van der Waals surface area contributed by atoms with Crippen LogP contribution in [0.3, 0.4) is 0 Å². The lowest BCUT2D eigenvalue weighted by Crippen LogP contribution is -2.37. The molecule has 0 unspecified atom stereocenters. The van der Waals surface area contributed by atoms with E-state index in [4.69, 9.17) is 4.42 Å². The number of benzene rings is 1. The third-order valence-electron chi connectivity index (χ3n) is 3.22. The van der Waals surface area contributed by atoms with Gasteiger partial charge in [-0.05, 0) is 32.0 Å². The fourth-order valence-corrected chi connectivity index (χ4v) is 2.90. The maximum absolute atomic E-state index is 5.52. The molecule has 2 rings (SSSR count). The SMILES string of the molecule is CN=C(NCCSc1ccccc1)NCc1cc(C)oc1C.I. The summed E-state index contributed by atoms with van der Waals surface area (Å²) in [7, 11) is 1.78. The summed E-state index contributed by atoms with van der Waals surface area (Å²) in [6, 6.07) is 12.5. The molecule has 126 valence electrons. The number of hydrogen-bond acceptors (Lipinski definition) is 3. The molecule has 1 aromatic carbocycles. The van der Waals surface area contributed by atoms with Crippen LogP contribution in [0.2, 0.25) is 0 Å². The molecule has 0 aliphatic carbocycles. The minimum absolute atomic E-state index is 0. The molecule has 1 aromatic heterocycles. The lowest BCUT2D eigenvalue weighted by atomic mass is 10.2. The molecule has 0 aliphatic rings. The first kappa shape index (κ1) is 19.9. The Hall–Kier alpha value is -1.15. The van der Waals surface area contributed by atoms with Gasteiger partial charge in [0.15, 0.2) is 5.96 Å². The Morgan fingerprint density at radius 3 is 2.52 bits per heavy atom. The Balaban J connectivity index is 0.00000264. The molecule has 0 fully saturated rings. The maximum Gasteiger partial charge on any atom is 0.191 e. The van der Waals surface area contributed by atoms with Gasteiger partial charge in [-0.25, -0.2) is 0 Å². The van der Waals surface area contributed by atoms with Crippen molar-refractivity contribution >= 4 is 41.7 Å². The Morgan fingerprint density at radius 2 is 1.91 bits per heavy atom. The molecule has 6 heteroatoms. The highest BCUT2D eigenvalue weighted by molar-refractivity contribution is 14.0. The van der Waals surface area contributed by atoms with Crippen molar-refractivity contribution in [1.29, 1.82) is 0 Å². The Kier molecular flexibility index (Phi) is 9.16. The normalized spacial score (nSPS) is 11.0. The second-order valence-electron chi connectivity index (χ2n) is 4.95. The summed E-state index contributed by atoms with van der Waals surface area (Å²) in [5.74, 6) is 3.71. The minimum atomic E-state index is 0. The second-order valence-corrected chi connectivity index (χ2v) is 6.12. The van der Waals surface area contributed by atoms with Crippen molar-refractivity contribution in [2.24, 2.45) is 4.99 Å². The first-order chi connectivity index (χ1) is 10.7. The van der Waals surface area contributed by atoms with Crippen molar-refractivity contribution in [3.05, 3.63) is 53.5 Å². The van der Waals surface area contributed by atoms with E-state index < -0.39 is 0 Å². The summed E-state index contributed by atoms with van der Waals surface area (Å²) in [6.07, 6.45) is 0. The Morgan fingerprint density at radius 1 is 1.17 bits per heavy atom. The van der Waals surface area contributed by atoms with Crippen molar-refractivity contribution in [3.8, 4) is 0 Å². The molecule has 0 spiro atoms. The highest BCUT2D eigenvalue weighted by Crippen LogP contribution is 2.15. The molecule has 4 nitrogen and oxygen atoms in total. The van der Waals surface area contributed by atoms with Crippen molar-refractivity contribution in [3.63, 3.8) is 0 Å². The molecule has 2 aromatic rings. The number of rotatable bonds is 6. The minimum Gasteiger partial charge on any atom is -0.466 e. The summed E-state index contributed by atoms with van der Waals surface area (Å²) < 4.78 is 5.52. The third-order valence-corrected chi connectivity index (χ3v) is 4.23. The van der Waals surface area contributed by atoms with Crippen LogP contribution in [-0.4, -0.2) is 25.3 Å². The second kappa shape index (κ2) is 10.6. The smallest absolute Gasteiger partial charge is 0.191 e. The fourth-order valence-electron chi connectivity index (χ4n) is 2.11. The third kappa shape index (κ3) is 6.87. The van der Waals surface area contributed by atoms with E-state index in [2.05, 4.69) is 46.0 Å². The van der Waals surface area contributed by atoms with E-state index in [9.17, 15) is 0 Å². The van der Waals surface area contributed by atoms with Crippen molar-refractivity contribution in [2.75, 3.05) is 19.3 Å². The van der Waals surface area contributed by atoms with Gasteiger partial charge in [0.1, 0.15) is 11.5 Å². The van der Waals surface area contributed by atoms with Gasteiger partial charge in [-0.3, -0.25) is 4.99 Å². The molecule has 0 saturated carbocycles. The van der Waals surface area contributed by atoms with Crippen LogP contribution >= 0.6 is 35.7 Å². The van der Waals surface area contributed by atoms with Crippen LogP contribution in [0.5, 0.6) is 0 Å². The van der Waals surface area contributed by atoms with Crippen LogP contribution < -0.4 is 10.6 Å². The van der Waals surface area contributed by atoms with Gasteiger partial charge in [0.25, 0.3) is 0 Å². The molecular weight excluding hydrogens is 421 g/mol. The van der Waals surface area contributed by atoms with Gasteiger partial charge in [0, 0.05) is 36.3 Å². The molecule has 0 aliphatic heterocycles. The van der Waals surface area contributed by atoms with Gasteiger partial charge in [-0.2, -0.15) is 0 Å². The van der Waals surface area contributed by atoms with Gasteiger partial charge >= 0.3 is 0 Å². The largest absolute Gasteiger partial charge is 0.466 e. The van der Waals surface area contributed by atoms with Gasteiger partial charge in [-0.1, -0.05) is 18.2 Å². The Labute approximate surface area is 159 Å². The summed E-state index contributed by atoms with van der Waals surface area (Å²) in [6.45, 7) is 5.53. The number of aliphatic imine (C=N–C) groups is 1. The van der Waals surface area contributed by atoms with E-state index in [0.717, 1.165) is 29.8 Å². The number of furan rings is 1. The number of hydrogen-bond donors (Lipinski definition) is 2. The van der Waals surface area contributed by atoms with E-state index >= 15 is 0 Å². The van der Waals surface area contributed by atoms with Crippen molar-refractivity contribution in [2.45, 2.75) is 25.3 Å². The monoisotopic (exact) mass is 445 g/mol. The van der Waals surface area contributed by atoms with Crippen molar-refractivity contribution < 1.29 is 4.42 Å². The zero-order valence-corrected chi connectivity index (χ0v) is 16.9. The average molecular weight is 445 g/mol. The highest BCUT2D eigenvalue weighted by Gasteiger charge is 2.05. The lowest BCUT2D eigenvalue weighted by molar-refractivity contribution is 0.500. The van der Waals surface area contributed by atoms with E-state index in [-0.39, 0.29) is 24.0 Å². The first-order valence-electron chi connectivity index (χ1n) is 7.37. The van der Waals surface area contributed by atoms with Crippen LogP contribution in [-0.2, 0) is 6.54 Å². The van der Waals surface area contributed by atoms with E-state index in [1.54, 1.807) is 7.05 Å². The molecule has 1 heterocycles. The topological polar surface area (TPSA) is 49.6 Å². The summed E-state index contributed by atoms with van der Waals surface area (Å²) >= 11 is 1.83. The number of guanidine groups is 1. The Bertz CT molecular complexity index is 614.